The molecule has 10 heteroatoms. The molecule has 4 N–H and O–H groups in total. The van der Waals surface area contributed by atoms with Crippen LogP contribution in [-0.4, -0.2) is 25.3 Å². The Morgan fingerprint density at radius 2 is 1.89 bits per heavy atom. The van der Waals surface area contributed by atoms with Crippen molar-refractivity contribution in [2.75, 3.05) is 0 Å². The highest BCUT2D eigenvalue weighted by Crippen LogP contribution is 2.15. The first-order valence-corrected chi connectivity index (χ1v) is 6.53. The van der Waals surface area contributed by atoms with Crippen molar-refractivity contribution in [1.29, 1.82) is 0 Å². The average molecular weight is 288 g/mol. The molecule has 1 unspecified atom stereocenters. The molecular formula is C9H12N4O5S. The van der Waals surface area contributed by atoms with Crippen molar-refractivity contribution in [2.24, 2.45) is 5.84 Å². The molecular weight excluding hydrogens is 276 g/mol. The van der Waals surface area contributed by atoms with Gasteiger partial charge in [0.05, 0.1) is 15.9 Å². The first-order chi connectivity index (χ1) is 8.77. The number of nitro benzene ring substituents is 1. The molecule has 0 fully saturated rings. The van der Waals surface area contributed by atoms with E-state index >= 15 is 0 Å². The number of carbonyl (C=O) groups excluding carboxylic acids is 1. The summed E-state index contributed by atoms with van der Waals surface area (Å²) in [5.41, 5.74) is 1.58. The molecule has 0 saturated heterocycles. The number of amides is 1. The van der Waals surface area contributed by atoms with Crippen molar-refractivity contribution in [3.8, 4) is 0 Å². The second-order valence-electron chi connectivity index (χ2n) is 3.60. The summed E-state index contributed by atoms with van der Waals surface area (Å²) in [5.74, 6) is 4.17. The van der Waals surface area contributed by atoms with Crippen molar-refractivity contribution in [2.45, 2.75) is 17.9 Å². The van der Waals surface area contributed by atoms with Crippen molar-refractivity contribution < 1.29 is 18.1 Å². The van der Waals surface area contributed by atoms with Gasteiger partial charge in [-0.25, -0.2) is 14.3 Å². The summed E-state index contributed by atoms with van der Waals surface area (Å²) in [6, 6.07) is 3.20. The molecule has 1 aromatic rings. The zero-order valence-electron chi connectivity index (χ0n) is 9.86. The number of carbonyl (C=O) groups is 1. The number of nitrogens with two attached hydrogens (primary N) is 1. The zero-order chi connectivity index (χ0) is 14.6. The van der Waals surface area contributed by atoms with Crippen molar-refractivity contribution in [3.05, 3.63) is 34.4 Å². The Labute approximate surface area is 109 Å². The predicted octanol–water partition coefficient (Wildman–Crippen LogP) is -0.748. The topological polar surface area (TPSA) is 144 Å². The zero-order valence-corrected chi connectivity index (χ0v) is 10.7. The van der Waals surface area contributed by atoms with Crippen LogP contribution in [0.3, 0.4) is 0 Å². The summed E-state index contributed by atoms with van der Waals surface area (Å²) in [4.78, 5) is 20.7. The number of nitro groups is 1. The van der Waals surface area contributed by atoms with Crippen LogP contribution in [0, 0.1) is 10.1 Å². The maximum Gasteiger partial charge on any atom is 0.269 e. The highest BCUT2D eigenvalue weighted by atomic mass is 32.2. The minimum Gasteiger partial charge on any atom is -0.293 e. The molecule has 104 valence electrons. The number of hydrogen-bond donors (Lipinski definition) is 3. The SMILES string of the molecule is CC(NS(=O)(=O)c1ccc([N+](=O)[O-])cc1)C(=O)NN. The molecule has 1 atom stereocenters. The maximum absolute atomic E-state index is 11.8. The van der Waals surface area contributed by atoms with Crippen LogP contribution >= 0.6 is 0 Å². The number of rotatable bonds is 5. The Kier molecular flexibility index (Phi) is 4.53. The van der Waals surface area contributed by atoms with Gasteiger partial charge >= 0.3 is 0 Å². The normalized spacial score (nSPS) is 12.7. The third-order valence-electron chi connectivity index (χ3n) is 2.23. The number of non-ortho nitro benzene ring substituents is 1. The molecule has 0 aliphatic carbocycles. The molecule has 0 heterocycles. The highest BCUT2D eigenvalue weighted by molar-refractivity contribution is 7.89. The molecule has 1 rings (SSSR count). The molecule has 0 bridgehead atoms. The van der Waals surface area contributed by atoms with Gasteiger partial charge in [-0.1, -0.05) is 0 Å². The van der Waals surface area contributed by atoms with E-state index < -0.39 is 26.9 Å². The van der Waals surface area contributed by atoms with Crippen LogP contribution in [-0.2, 0) is 14.8 Å². The Balaban J connectivity index is 2.94. The largest absolute Gasteiger partial charge is 0.293 e. The van der Waals surface area contributed by atoms with Crippen molar-refractivity contribution >= 4 is 21.6 Å². The minimum absolute atomic E-state index is 0.185. The van der Waals surface area contributed by atoms with E-state index in [9.17, 15) is 23.3 Å². The second kappa shape index (κ2) is 5.73. The second-order valence-corrected chi connectivity index (χ2v) is 5.32. The molecule has 19 heavy (non-hydrogen) atoms. The quantitative estimate of drug-likeness (QED) is 0.281. The van der Waals surface area contributed by atoms with Crippen molar-refractivity contribution in [1.82, 2.24) is 10.1 Å². The molecule has 1 amide bonds. The average Bonchev–Trinajstić information content (AvgIpc) is 2.37. The van der Waals surface area contributed by atoms with E-state index in [4.69, 9.17) is 5.84 Å². The highest BCUT2D eigenvalue weighted by Gasteiger charge is 2.22. The fraction of sp³-hybridized carbons (Fsp3) is 0.222. The number of benzene rings is 1. The van der Waals surface area contributed by atoms with Crippen LogP contribution in [0.1, 0.15) is 6.92 Å². The van der Waals surface area contributed by atoms with Crippen LogP contribution in [0.2, 0.25) is 0 Å². The van der Waals surface area contributed by atoms with Gasteiger partial charge in [-0.2, -0.15) is 4.72 Å². The summed E-state index contributed by atoms with van der Waals surface area (Å²) in [6.45, 7) is 1.31. The van der Waals surface area contributed by atoms with E-state index in [2.05, 4.69) is 4.72 Å². The van der Waals surface area contributed by atoms with Crippen LogP contribution in [0.15, 0.2) is 29.2 Å². The number of hydrazine groups is 1. The lowest BCUT2D eigenvalue weighted by molar-refractivity contribution is -0.384. The smallest absolute Gasteiger partial charge is 0.269 e. The summed E-state index contributed by atoms with van der Waals surface area (Å²) in [6.07, 6.45) is 0. The Hall–Kier alpha value is -2.04. The van der Waals surface area contributed by atoms with Crippen LogP contribution in [0.4, 0.5) is 5.69 Å². The molecule has 0 spiro atoms. The third kappa shape index (κ3) is 3.71. The number of hydrogen-bond acceptors (Lipinski definition) is 6. The van der Waals surface area contributed by atoms with Gasteiger partial charge in [-0.15, -0.1) is 0 Å². The molecule has 1 aromatic carbocycles. The lowest BCUT2D eigenvalue weighted by atomic mass is 10.3. The van der Waals surface area contributed by atoms with Crippen LogP contribution < -0.4 is 16.0 Å². The lowest BCUT2D eigenvalue weighted by Crippen LogP contribution is -2.47. The summed E-state index contributed by atoms with van der Waals surface area (Å²) >= 11 is 0. The molecule has 0 aliphatic heterocycles. The molecule has 0 aromatic heterocycles. The predicted molar refractivity (Wildman–Crippen MR) is 65.2 cm³/mol. The summed E-state index contributed by atoms with van der Waals surface area (Å²) in [5, 5.41) is 10.4. The van der Waals surface area contributed by atoms with Gasteiger partial charge < -0.3 is 0 Å². The maximum atomic E-state index is 11.8. The summed E-state index contributed by atoms with van der Waals surface area (Å²) in [7, 11) is -3.95. The fourth-order valence-electron chi connectivity index (χ4n) is 1.23. The molecule has 0 radical (unpaired) electrons. The van der Waals surface area contributed by atoms with E-state index in [0.717, 1.165) is 24.3 Å². The molecule has 0 saturated carbocycles. The van der Waals surface area contributed by atoms with Gasteiger partial charge in [0.2, 0.25) is 10.0 Å². The van der Waals surface area contributed by atoms with E-state index in [-0.39, 0.29) is 10.6 Å². The van der Waals surface area contributed by atoms with Gasteiger partial charge in [0.1, 0.15) is 0 Å². The molecule has 9 nitrogen and oxygen atoms in total. The number of nitrogens with one attached hydrogen (secondary N) is 2. The van der Waals surface area contributed by atoms with E-state index in [1.807, 2.05) is 5.43 Å². The minimum atomic E-state index is -3.95. The monoisotopic (exact) mass is 288 g/mol. The van der Waals surface area contributed by atoms with Gasteiger partial charge in [0.25, 0.3) is 11.6 Å². The van der Waals surface area contributed by atoms with Gasteiger partial charge in [0.15, 0.2) is 0 Å². The van der Waals surface area contributed by atoms with E-state index in [1.165, 1.54) is 6.92 Å². The first kappa shape index (κ1) is 15.0. The van der Waals surface area contributed by atoms with Crippen LogP contribution in [0.5, 0.6) is 0 Å². The fourth-order valence-corrected chi connectivity index (χ4v) is 2.43. The standard InChI is InChI=1S/C9H12N4O5S/c1-6(9(14)11-10)12-19(17,18)8-4-2-7(3-5-8)13(15)16/h2-6,12H,10H2,1H3,(H,11,14). The third-order valence-corrected chi connectivity index (χ3v) is 3.78. The van der Waals surface area contributed by atoms with Gasteiger partial charge in [-0.3, -0.25) is 20.3 Å². The van der Waals surface area contributed by atoms with Gasteiger partial charge in [-0.05, 0) is 19.1 Å². The summed E-state index contributed by atoms with van der Waals surface area (Å²) < 4.78 is 25.8. The lowest BCUT2D eigenvalue weighted by Gasteiger charge is -2.12. The Morgan fingerprint density at radius 1 is 1.37 bits per heavy atom. The number of sulfonamides is 1. The van der Waals surface area contributed by atoms with Crippen LogP contribution in [0.25, 0.3) is 0 Å². The first-order valence-electron chi connectivity index (χ1n) is 5.05. The van der Waals surface area contributed by atoms with Gasteiger partial charge in [0, 0.05) is 12.1 Å². The van der Waals surface area contributed by atoms with E-state index in [1.54, 1.807) is 0 Å². The van der Waals surface area contributed by atoms with E-state index in [0.29, 0.717) is 0 Å². The molecule has 0 aliphatic rings. The number of nitrogens with zero attached hydrogens (tertiary/aromatic N) is 1. The Bertz CT molecular complexity index is 583. The van der Waals surface area contributed by atoms with Crippen molar-refractivity contribution in [3.63, 3.8) is 0 Å². The Morgan fingerprint density at radius 3 is 2.32 bits per heavy atom.